The van der Waals surface area contributed by atoms with Crippen molar-refractivity contribution in [3.63, 3.8) is 0 Å². The number of unbranched alkanes of at least 4 members (excludes halogenated alkanes) is 4. The summed E-state index contributed by atoms with van der Waals surface area (Å²) in [6, 6.07) is 0. The van der Waals surface area contributed by atoms with Crippen molar-refractivity contribution in [1.82, 2.24) is 0 Å². The highest BCUT2D eigenvalue weighted by molar-refractivity contribution is 5.66. The lowest BCUT2D eigenvalue weighted by atomic mass is 9.89. The maximum absolute atomic E-state index is 14.4. The first-order valence-electron chi connectivity index (χ1n) is 13.6. The molecule has 0 radical (unpaired) electrons. The zero-order chi connectivity index (χ0) is 25.7. The van der Waals surface area contributed by atoms with Crippen molar-refractivity contribution in [3.05, 3.63) is 12.2 Å². The second kappa shape index (κ2) is 15.2. The minimum absolute atomic E-state index is 0.0420. The molecule has 2 aliphatic rings. The number of aliphatic hydroxyl groups is 2. The topological polar surface area (TPSA) is 96.2 Å². The zero-order valence-electron chi connectivity index (χ0n) is 21.3. The van der Waals surface area contributed by atoms with Crippen LogP contribution >= 0.6 is 0 Å². The van der Waals surface area contributed by atoms with Crippen molar-refractivity contribution in [3.8, 4) is 0 Å². The third kappa shape index (κ3) is 10.8. The van der Waals surface area contributed by atoms with Crippen LogP contribution in [0.2, 0.25) is 0 Å². The summed E-state index contributed by atoms with van der Waals surface area (Å²) in [4.78, 5) is 10.6. The summed E-state index contributed by atoms with van der Waals surface area (Å²) < 4.78 is 40.9. The molecule has 1 aliphatic heterocycles. The molecule has 6 nitrogen and oxygen atoms in total. The van der Waals surface area contributed by atoms with Gasteiger partial charge in [0.1, 0.15) is 6.10 Å². The van der Waals surface area contributed by atoms with Gasteiger partial charge in [-0.3, -0.25) is 4.79 Å². The molecule has 0 aromatic heterocycles. The third-order valence-corrected chi connectivity index (χ3v) is 7.37. The molecule has 0 aromatic carbocycles. The Kier molecular flexibility index (Phi) is 13.1. The van der Waals surface area contributed by atoms with Gasteiger partial charge in [-0.1, -0.05) is 31.9 Å². The predicted octanol–water partition coefficient (Wildman–Crippen LogP) is 5.99. The molecule has 2 rings (SSSR count). The van der Waals surface area contributed by atoms with E-state index in [9.17, 15) is 23.8 Å². The Labute approximate surface area is 209 Å². The van der Waals surface area contributed by atoms with Crippen molar-refractivity contribution in [2.45, 2.75) is 140 Å². The molecule has 204 valence electrons. The highest BCUT2D eigenvalue weighted by atomic mass is 19.3. The Hall–Kier alpha value is -1.09. The standard InChI is InChI=1S/C27H46F2O6/c1-2-3-16-27(28,29)23(31)15-17-26(35-25-14-10-11-18-34-25)19-21(22(30)20-26)12-8-6-4-5-7-9-13-24(32)33/h6,8,21-23,25,30-31H,2-5,7,9-20H2,1H3,(H,32,33)/b8-6-/t21-,22-,23+,25+,26+/m0/s1. The lowest BCUT2D eigenvalue weighted by Gasteiger charge is -2.36. The summed E-state index contributed by atoms with van der Waals surface area (Å²) >= 11 is 0. The van der Waals surface area contributed by atoms with Gasteiger partial charge < -0.3 is 24.8 Å². The van der Waals surface area contributed by atoms with Crippen LogP contribution in [0.5, 0.6) is 0 Å². The Morgan fingerprint density at radius 3 is 2.69 bits per heavy atom. The number of hydrogen-bond acceptors (Lipinski definition) is 5. The van der Waals surface area contributed by atoms with E-state index in [0.29, 0.717) is 45.1 Å². The first-order valence-corrected chi connectivity index (χ1v) is 13.6. The number of carbonyl (C=O) groups is 1. The van der Waals surface area contributed by atoms with Crippen LogP contribution in [-0.2, 0) is 14.3 Å². The number of aliphatic carboxylic acids is 1. The lowest BCUT2D eigenvalue weighted by Crippen LogP contribution is -2.40. The monoisotopic (exact) mass is 504 g/mol. The Bertz CT molecular complexity index is 637. The van der Waals surface area contributed by atoms with Crippen molar-refractivity contribution in [2.24, 2.45) is 5.92 Å². The van der Waals surface area contributed by atoms with Gasteiger partial charge in [0.2, 0.25) is 0 Å². The van der Waals surface area contributed by atoms with Crippen molar-refractivity contribution in [1.29, 1.82) is 0 Å². The molecule has 3 N–H and O–H groups in total. The third-order valence-electron chi connectivity index (χ3n) is 7.37. The average Bonchev–Trinajstić information content (AvgIpc) is 3.13. The second-order valence-corrected chi connectivity index (χ2v) is 10.5. The van der Waals surface area contributed by atoms with Crippen LogP contribution in [0, 0.1) is 5.92 Å². The number of halogens is 2. The molecular formula is C27H46F2O6. The fourth-order valence-corrected chi connectivity index (χ4v) is 5.22. The SMILES string of the molecule is CCCCC(F)(F)[C@H](O)CC[C@@]1(O[C@@H]2CCCCO2)C[C@H](C/C=C\CCCCCC(=O)O)[C@@H](O)C1. The second-order valence-electron chi connectivity index (χ2n) is 10.5. The van der Waals surface area contributed by atoms with E-state index in [0.717, 1.165) is 38.5 Å². The number of carboxylic acids is 1. The average molecular weight is 505 g/mol. The molecule has 1 saturated heterocycles. The fourth-order valence-electron chi connectivity index (χ4n) is 5.22. The van der Waals surface area contributed by atoms with Crippen LogP contribution in [0.25, 0.3) is 0 Å². The molecular weight excluding hydrogens is 458 g/mol. The maximum Gasteiger partial charge on any atom is 0.303 e. The highest BCUT2D eigenvalue weighted by Crippen LogP contribution is 2.45. The number of hydrogen-bond donors (Lipinski definition) is 3. The molecule has 8 heteroatoms. The van der Waals surface area contributed by atoms with Gasteiger partial charge in [-0.25, -0.2) is 8.78 Å². The van der Waals surface area contributed by atoms with Crippen LogP contribution in [0.3, 0.4) is 0 Å². The summed E-state index contributed by atoms with van der Waals surface area (Å²) in [5, 5.41) is 29.7. The minimum atomic E-state index is -3.12. The normalized spacial score (nSPS) is 28.5. The molecule has 0 unspecified atom stereocenters. The number of alkyl halides is 2. The summed E-state index contributed by atoms with van der Waals surface area (Å²) in [6.07, 6.45) is 10.1. The van der Waals surface area contributed by atoms with E-state index in [2.05, 4.69) is 6.08 Å². The van der Waals surface area contributed by atoms with Gasteiger partial charge >= 0.3 is 5.97 Å². The van der Waals surface area contributed by atoms with Gasteiger partial charge in [-0.2, -0.15) is 0 Å². The number of carboxylic acid groups (broad SMARTS) is 1. The van der Waals surface area contributed by atoms with Crippen molar-refractivity contribution in [2.75, 3.05) is 6.61 Å². The van der Waals surface area contributed by atoms with Crippen LogP contribution in [0.4, 0.5) is 8.78 Å². The van der Waals surface area contributed by atoms with E-state index in [-0.39, 0.29) is 31.6 Å². The maximum atomic E-state index is 14.4. The molecule has 1 heterocycles. The van der Waals surface area contributed by atoms with Gasteiger partial charge in [0.25, 0.3) is 5.92 Å². The first kappa shape index (κ1) is 30.1. The highest BCUT2D eigenvalue weighted by Gasteiger charge is 2.48. The van der Waals surface area contributed by atoms with Gasteiger partial charge in [0, 0.05) is 25.9 Å². The lowest BCUT2D eigenvalue weighted by molar-refractivity contribution is -0.230. The fraction of sp³-hybridized carbons (Fsp3) is 0.889. The smallest absolute Gasteiger partial charge is 0.303 e. The minimum Gasteiger partial charge on any atom is -0.481 e. The Morgan fingerprint density at radius 1 is 1.20 bits per heavy atom. The summed E-state index contributed by atoms with van der Waals surface area (Å²) in [5.74, 6) is -3.93. The molecule has 0 amide bonds. The van der Waals surface area contributed by atoms with E-state index >= 15 is 0 Å². The van der Waals surface area contributed by atoms with Crippen molar-refractivity contribution < 1.29 is 38.4 Å². The van der Waals surface area contributed by atoms with E-state index in [1.807, 2.05) is 13.0 Å². The van der Waals surface area contributed by atoms with Crippen molar-refractivity contribution >= 4 is 5.97 Å². The molecule has 0 aromatic rings. The Balaban J connectivity index is 1.91. The van der Waals surface area contributed by atoms with E-state index in [4.69, 9.17) is 14.6 Å². The first-order chi connectivity index (χ1) is 16.7. The van der Waals surface area contributed by atoms with E-state index in [1.54, 1.807) is 0 Å². The largest absolute Gasteiger partial charge is 0.481 e. The summed E-state index contributed by atoms with van der Waals surface area (Å²) in [5.41, 5.74) is -0.779. The number of ether oxygens (including phenoxy) is 2. The predicted molar refractivity (Wildman–Crippen MR) is 130 cm³/mol. The molecule has 35 heavy (non-hydrogen) atoms. The number of aliphatic hydroxyl groups excluding tert-OH is 2. The van der Waals surface area contributed by atoms with Gasteiger partial charge in [-0.05, 0) is 76.5 Å². The zero-order valence-corrected chi connectivity index (χ0v) is 21.3. The quantitative estimate of drug-likeness (QED) is 0.166. The molecule has 1 saturated carbocycles. The molecule has 5 atom stereocenters. The van der Waals surface area contributed by atoms with E-state index < -0.39 is 36.0 Å². The summed E-state index contributed by atoms with van der Waals surface area (Å²) in [7, 11) is 0. The van der Waals surface area contributed by atoms with Crippen LogP contribution < -0.4 is 0 Å². The molecule has 2 fully saturated rings. The molecule has 0 spiro atoms. The van der Waals surface area contributed by atoms with E-state index in [1.165, 1.54) is 0 Å². The Morgan fingerprint density at radius 2 is 2.00 bits per heavy atom. The van der Waals surface area contributed by atoms with Gasteiger partial charge in [0.15, 0.2) is 6.29 Å². The molecule has 1 aliphatic carbocycles. The molecule has 0 bridgehead atoms. The van der Waals surface area contributed by atoms with Crippen LogP contribution in [-0.4, -0.2) is 57.9 Å². The van der Waals surface area contributed by atoms with Gasteiger partial charge in [0.05, 0.1) is 11.7 Å². The number of allylic oxidation sites excluding steroid dienone is 2. The summed E-state index contributed by atoms with van der Waals surface area (Å²) in [6.45, 7) is 2.46. The number of rotatable bonds is 17. The van der Waals surface area contributed by atoms with Crippen LogP contribution in [0.1, 0.15) is 110 Å². The van der Waals surface area contributed by atoms with Gasteiger partial charge in [-0.15, -0.1) is 0 Å². The van der Waals surface area contributed by atoms with Crippen LogP contribution in [0.15, 0.2) is 12.2 Å².